The van der Waals surface area contributed by atoms with Crippen molar-refractivity contribution in [3.8, 4) is 0 Å². The van der Waals surface area contributed by atoms with E-state index in [1.165, 1.54) is 9.58 Å². The fourth-order valence-corrected chi connectivity index (χ4v) is 3.07. The van der Waals surface area contributed by atoms with Gasteiger partial charge in [-0.3, -0.25) is 14.4 Å². The SMILES string of the molecule is CC(C)Cn1nc(C(=O)Nc2ccccc2C(=O)N(C)C)c2ccccc2c1=O. The number of hydrogen-bond acceptors (Lipinski definition) is 4. The summed E-state index contributed by atoms with van der Waals surface area (Å²) in [6.45, 7) is 4.36. The Morgan fingerprint density at radius 2 is 1.66 bits per heavy atom. The first-order chi connectivity index (χ1) is 13.8. The summed E-state index contributed by atoms with van der Waals surface area (Å²) in [5.74, 6) is -0.503. The molecule has 0 saturated heterocycles. The first-order valence-electron chi connectivity index (χ1n) is 9.41. The number of nitrogens with zero attached hydrogens (tertiary/aromatic N) is 3. The lowest BCUT2D eigenvalue weighted by Crippen LogP contribution is -2.29. The van der Waals surface area contributed by atoms with E-state index >= 15 is 0 Å². The summed E-state index contributed by atoms with van der Waals surface area (Å²) in [6, 6.07) is 13.7. The molecule has 0 bridgehead atoms. The molecule has 3 rings (SSSR count). The smallest absolute Gasteiger partial charge is 0.276 e. The van der Waals surface area contributed by atoms with Crippen LogP contribution in [0, 0.1) is 5.92 Å². The molecule has 0 saturated carbocycles. The molecule has 29 heavy (non-hydrogen) atoms. The van der Waals surface area contributed by atoms with Crippen molar-refractivity contribution in [2.24, 2.45) is 5.92 Å². The Morgan fingerprint density at radius 1 is 1.03 bits per heavy atom. The van der Waals surface area contributed by atoms with Crippen LogP contribution < -0.4 is 10.9 Å². The van der Waals surface area contributed by atoms with Crippen molar-refractivity contribution < 1.29 is 9.59 Å². The van der Waals surface area contributed by atoms with Crippen molar-refractivity contribution >= 4 is 28.3 Å². The minimum Gasteiger partial charge on any atom is -0.345 e. The number of carbonyl (C=O) groups excluding carboxylic acids is 2. The molecule has 0 fully saturated rings. The molecule has 0 atom stereocenters. The van der Waals surface area contributed by atoms with Crippen molar-refractivity contribution in [3.63, 3.8) is 0 Å². The summed E-state index contributed by atoms with van der Waals surface area (Å²) in [5, 5.41) is 8.05. The number of nitrogens with one attached hydrogen (secondary N) is 1. The van der Waals surface area contributed by atoms with E-state index in [4.69, 9.17) is 0 Å². The van der Waals surface area contributed by atoms with Gasteiger partial charge < -0.3 is 10.2 Å². The Hall–Kier alpha value is -3.48. The molecule has 3 aromatic rings. The van der Waals surface area contributed by atoms with Crippen molar-refractivity contribution in [1.29, 1.82) is 0 Å². The highest BCUT2D eigenvalue weighted by molar-refractivity contribution is 6.13. The molecule has 150 valence electrons. The third-order valence-electron chi connectivity index (χ3n) is 4.43. The van der Waals surface area contributed by atoms with Gasteiger partial charge in [0.2, 0.25) is 0 Å². The number of rotatable bonds is 5. The maximum Gasteiger partial charge on any atom is 0.276 e. The van der Waals surface area contributed by atoms with Crippen molar-refractivity contribution in [2.75, 3.05) is 19.4 Å². The van der Waals surface area contributed by atoms with Crippen molar-refractivity contribution in [2.45, 2.75) is 20.4 Å². The molecule has 7 heteroatoms. The standard InChI is InChI=1S/C22H24N4O3/c1-14(2)13-26-22(29)16-10-6-5-9-15(16)19(24-26)20(27)23-18-12-8-7-11-17(18)21(28)25(3)4/h5-12,14H,13H2,1-4H3,(H,23,27). The zero-order chi connectivity index (χ0) is 21.1. The third kappa shape index (κ3) is 4.18. The zero-order valence-electron chi connectivity index (χ0n) is 17.0. The minimum atomic E-state index is -0.474. The van der Waals surface area contributed by atoms with Gasteiger partial charge in [-0.25, -0.2) is 4.68 Å². The monoisotopic (exact) mass is 392 g/mol. The molecule has 7 nitrogen and oxygen atoms in total. The fraction of sp³-hybridized carbons (Fsp3) is 0.273. The lowest BCUT2D eigenvalue weighted by atomic mass is 10.1. The molecular weight excluding hydrogens is 368 g/mol. The summed E-state index contributed by atoms with van der Waals surface area (Å²) in [5.41, 5.74) is 0.691. The van der Waals surface area contributed by atoms with Crippen molar-refractivity contribution in [1.82, 2.24) is 14.7 Å². The van der Waals surface area contributed by atoms with Gasteiger partial charge in [0, 0.05) is 26.0 Å². The van der Waals surface area contributed by atoms with Gasteiger partial charge >= 0.3 is 0 Å². The Morgan fingerprint density at radius 3 is 2.31 bits per heavy atom. The van der Waals surface area contributed by atoms with E-state index in [2.05, 4.69) is 10.4 Å². The molecule has 0 aliphatic rings. The number of aromatic nitrogens is 2. The highest BCUT2D eigenvalue weighted by Crippen LogP contribution is 2.20. The molecule has 0 spiro atoms. The normalized spacial score (nSPS) is 10.9. The molecule has 1 N–H and O–H groups in total. The minimum absolute atomic E-state index is 0.146. The summed E-state index contributed by atoms with van der Waals surface area (Å²) >= 11 is 0. The molecule has 0 aliphatic heterocycles. The van der Waals surface area contributed by atoms with Gasteiger partial charge in [-0.15, -0.1) is 0 Å². The zero-order valence-corrected chi connectivity index (χ0v) is 17.0. The quantitative estimate of drug-likeness (QED) is 0.723. The Bertz CT molecular complexity index is 1130. The van der Waals surface area contributed by atoms with Gasteiger partial charge in [-0.1, -0.05) is 44.2 Å². The number of anilines is 1. The van der Waals surface area contributed by atoms with E-state index in [1.54, 1.807) is 62.6 Å². The van der Waals surface area contributed by atoms with Crippen LogP contribution in [0.25, 0.3) is 10.8 Å². The van der Waals surface area contributed by atoms with Crippen LogP contribution in [0.5, 0.6) is 0 Å². The predicted octanol–water partition coefficient (Wildman–Crippen LogP) is 3.01. The second-order valence-electron chi connectivity index (χ2n) is 7.47. The molecule has 0 unspecified atom stereocenters. The fourth-order valence-electron chi connectivity index (χ4n) is 3.07. The molecule has 0 radical (unpaired) electrons. The highest BCUT2D eigenvalue weighted by atomic mass is 16.2. The van der Waals surface area contributed by atoms with Crippen LogP contribution in [0.2, 0.25) is 0 Å². The van der Waals surface area contributed by atoms with Crippen LogP contribution in [-0.4, -0.2) is 40.6 Å². The Balaban J connectivity index is 2.08. The van der Waals surface area contributed by atoms with E-state index in [9.17, 15) is 14.4 Å². The first kappa shape index (κ1) is 20.3. The summed E-state index contributed by atoms with van der Waals surface area (Å²) in [7, 11) is 3.30. The van der Waals surface area contributed by atoms with Gasteiger partial charge in [0.15, 0.2) is 5.69 Å². The van der Waals surface area contributed by atoms with E-state index in [0.29, 0.717) is 28.6 Å². The second kappa shape index (κ2) is 8.26. The topological polar surface area (TPSA) is 84.3 Å². The second-order valence-corrected chi connectivity index (χ2v) is 7.47. The van der Waals surface area contributed by atoms with Crippen LogP contribution in [0.15, 0.2) is 53.3 Å². The van der Waals surface area contributed by atoms with Gasteiger partial charge in [0.1, 0.15) is 0 Å². The molecule has 0 aliphatic carbocycles. The molecule has 2 amide bonds. The maximum absolute atomic E-state index is 13.1. The first-order valence-corrected chi connectivity index (χ1v) is 9.41. The number of amides is 2. The largest absolute Gasteiger partial charge is 0.345 e. The number of hydrogen-bond donors (Lipinski definition) is 1. The van der Waals surface area contributed by atoms with Gasteiger partial charge in [0.05, 0.1) is 16.6 Å². The van der Waals surface area contributed by atoms with Crippen LogP contribution in [0.3, 0.4) is 0 Å². The molecule has 1 aromatic heterocycles. The summed E-state index contributed by atoms with van der Waals surface area (Å²) < 4.78 is 1.33. The van der Waals surface area contributed by atoms with Gasteiger partial charge in [0.25, 0.3) is 17.4 Å². The van der Waals surface area contributed by atoms with Crippen LogP contribution >= 0.6 is 0 Å². The molecule has 1 heterocycles. The lowest BCUT2D eigenvalue weighted by molar-refractivity contribution is 0.0828. The predicted molar refractivity (Wildman–Crippen MR) is 113 cm³/mol. The van der Waals surface area contributed by atoms with E-state index in [0.717, 1.165) is 0 Å². The van der Waals surface area contributed by atoms with E-state index in [-0.39, 0.29) is 23.1 Å². The lowest BCUT2D eigenvalue weighted by Gasteiger charge is -2.16. The highest BCUT2D eigenvalue weighted by Gasteiger charge is 2.20. The summed E-state index contributed by atoms with van der Waals surface area (Å²) in [6.07, 6.45) is 0. The Kier molecular flexibility index (Phi) is 5.77. The average molecular weight is 392 g/mol. The summed E-state index contributed by atoms with van der Waals surface area (Å²) in [4.78, 5) is 39.7. The third-order valence-corrected chi connectivity index (χ3v) is 4.43. The van der Waals surface area contributed by atoms with Gasteiger partial charge in [-0.2, -0.15) is 5.10 Å². The Labute approximate surface area is 169 Å². The molecular formula is C22H24N4O3. The van der Waals surface area contributed by atoms with Crippen LogP contribution in [0.1, 0.15) is 34.7 Å². The number of carbonyl (C=O) groups is 2. The van der Waals surface area contributed by atoms with E-state index in [1.807, 2.05) is 13.8 Å². The number of para-hydroxylation sites is 1. The number of fused-ring (bicyclic) bond motifs is 1. The van der Waals surface area contributed by atoms with Crippen LogP contribution in [-0.2, 0) is 6.54 Å². The van der Waals surface area contributed by atoms with E-state index < -0.39 is 5.91 Å². The van der Waals surface area contributed by atoms with Crippen molar-refractivity contribution in [3.05, 3.63) is 70.1 Å². The maximum atomic E-state index is 13.1. The average Bonchev–Trinajstić information content (AvgIpc) is 2.69. The van der Waals surface area contributed by atoms with Crippen LogP contribution in [0.4, 0.5) is 5.69 Å². The molecule has 2 aromatic carbocycles. The van der Waals surface area contributed by atoms with Gasteiger partial charge in [-0.05, 0) is 24.1 Å². The number of benzene rings is 2.